The van der Waals surface area contributed by atoms with E-state index >= 15 is 0 Å². The molecule has 1 N–H and O–H groups in total. The fourth-order valence-corrected chi connectivity index (χ4v) is 4.85. The smallest absolute Gasteiger partial charge is 0.174 e. The number of ether oxygens (including phenoxy) is 2. The normalized spacial score (nSPS) is 23.6. The molecule has 0 saturated carbocycles. The number of fused-ring (bicyclic) bond motifs is 3. The van der Waals surface area contributed by atoms with Crippen LogP contribution in [0.4, 0.5) is 5.69 Å². The van der Waals surface area contributed by atoms with E-state index in [1.807, 2.05) is 0 Å². The molecule has 1 aliphatic carbocycles. The SMILES string of the molecule is COc1cc([C@@H]2Nc3c(C)cccc3[C@@H]3C=CC[C@@H]32)cc(Br)c1OC. The van der Waals surface area contributed by atoms with Crippen molar-refractivity contribution in [3.63, 3.8) is 0 Å². The Hall–Kier alpha value is -1.94. The van der Waals surface area contributed by atoms with E-state index in [9.17, 15) is 0 Å². The molecule has 0 fully saturated rings. The number of anilines is 1. The molecule has 0 spiro atoms. The highest BCUT2D eigenvalue weighted by atomic mass is 79.9. The molecule has 0 bridgehead atoms. The van der Waals surface area contributed by atoms with Crippen molar-refractivity contribution in [3.8, 4) is 11.5 Å². The molecular formula is C21H22BrNO2. The molecule has 0 aromatic heterocycles. The van der Waals surface area contributed by atoms with Gasteiger partial charge in [0.05, 0.1) is 24.7 Å². The first-order valence-corrected chi connectivity index (χ1v) is 9.37. The average Bonchev–Trinajstić information content (AvgIpc) is 3.10. The second-order valence-electron chi connectivity index (χ2n) is 6.75. The van der Waals surface area contributed by atoms with Crippen LogP contribution in [0.15, 0.2) is 47.0 Å². The highest BCUT2D eigenvalue weighted by Crippen LogP contribution is 2.51. The standard InChI is InChI=1S/C21H22BrNO2/c1-12-6-4-8-15-14-7-5-9-16(14)20(23-19(12)15)13-10-17(22)21(25-3)18(11-13)24-2/h4-8,10-11,14,16,20,23H,9H2,1-3H3/t14-,16-,20-/m0/s1. The van der Waals surface area contributed by atoms with Gasteiger partial charge in [-0.2, -0.15) is 0 Å². The number of allylic oxidation sites excluding steroid dienone is 2. The van der Waals surface area contributed by atoms with E-state index in [4.69, 9.17) is 9.47 Å². The number of halogens is 1. The summed E-state index contributed by atoms with van der Waals surface area (Å²) < 4.78 is 11.9. The zero-order valence-electron chi connectivity index (χ0n) is 14.7. The minimum Gasteiger partial charge on any atom is -0.493 e. The third-order valence-electron chi connectivity index (χ3n) is 5.42. The monoisotopic (exact) mass is 399 g/mol. The quantitative estimate of drug-likeness (QED) is 0.681. The maximum atomic E-state index is 5.55. The van der Waals surface area contributed by atoms with Gasteiger partial charge in [-0.15, -0.1) is 0 Å². The van der Waals surface area contributed by atoms with Crippen molar-refractivity contribution in [2.45, 2.75) is 25.3 Å². The summed E-state index contributed by atoms with van der Waals surface area (Å²) in [4.78, 5) is 0. The largest absolute Gasteiger partial charge is 0.493 e. The van der Waals surface area contributed by atoms with Gasteiger partial charge in [0, 0.05) is 11.6 Å². The lowest BCUT2D eigenvalue weighted by molar-refractivity contribution is 0.351. The Kier molecular flexibility index (Phi) is 4.24. The van der Waals surface area contributed by atoms with Gasteiger partial charge in [-0.1, -0.05) is 30.4 Å². The minimum absolute atomic E-state index is 0.240. The topological polar surface area (TPSA) is 30.5 Å². The van der Waals surface area contributed by atoms with Crippen LogP contribution in [0.1, 0.15) is 35.1 Å². The number of nitrogens with one attached hydrogen (secondary N) is 1. The summed E-state index contributed by atoms with van der Waals surface area (Å²) >= 11 is 3.64. The molecule has 2 aliphatic rings. The first-order valence-electron chi connectivity index (χ1n) is 8.58. The number of aryl methyl sites for hydroxylation is 1. The van der Waals surface area contributed by atoms with Crippen molar-refractivity contribution >= 4 is 21.6 Å². The molecule has 0 saturated heterocycles. The van der Waals surface area contributed by atoms with Crippen LogP contribution in [0.3, 0.4) is 0 Å². The van der Waals surface area contributed by atoms with Gasteiger partial charge in [-0.25, -0.2) is 0 Å². The van der Waals surface area contributed by atoms with Crippen molar-refractivity contribution < 1.29 is 9.47 Å². The summed E-state index contributed by atoms with van der Waals surface area (Å²) in [6.45, 7) is 2.17. The summed E-state index contributed by atoms with van der Waals surface area (Å²) in [6, 6.07) is 11.1. The number of benzene rings is 2. The Morgan fingerprint density at radius 1 is 1.16 bits per heavy atom. The summed E-state index contributed by atoms with van der Waals surface area (Å²) in [5, 5.41) is 3.81. The fraction of sp³-hybridized carbons (Fsp3) is 0.333. The van der Waals surface area contributed by atoms with Gasteiger partial charge >= 0.3 is 0 Å². The first-order chi connectivity index (χ1) is 12.1. The number of hydrogen-bond acceptors (Lipinski definition) is 3. The summed E-state index contributed by atoms with van der Waals surface area (Å²) in [6.07, 6.45) is 5.77. The number of para-hydroxylation sites is 1. The Morgan fingerprint density at radius 2 is 2.00 bits per heavy atom. The van der Waals surface area contributed by atoms with Gasteiger partial charge in [0.2, 0.25) is 0 Å². The van der Waals surface area contributed by atoms with E-state index in [-0.39, 0.29) is 6.04 Å². The molecule has 2 aromatic carbocycles. The van der Waals surface area contributed by atoms with Gasteiger partial charge in [0.25, 0.3) is 0 Å². The summed E-state index contributed by atoms with van der Waals surface area (Å²) in [5.74, 6) is 2.47. The first kappa shape index (κ1) is 16.5. The van der Waals surface area contributed by atoms with Crippen molar-refractivity contribution in [1.82, 2.24) is 0 Å². The molecule has 2 aromatic rings. The van der Waals surface area contributed by atoms with E-state index in [0.29, 0.717) is 11.8 Å². The lowest BCUT2D eigenvalue weighted by atomic mass is 9.76. The molecule has 3 nitrogen and oxygen atoms in total. The van der Waals surface area contributed by atoms with Crippen LogP contribution in [0.2, 0.25) is 0 Å². The maximum absolute atomic E-state index is 5.55. The Labute approximate surface area is 157 Å². The predicted octanol–water partition coefficient (Wildman–Crippen LogP) is 5.60. The van der Waals surface area contributed by atoms with Gasteiger partial charge in [-0.05, 0) is 64.0 Å². The van der Waals surface area contributed by atoms with Crippen molar-refractivity contribution in [3.05, 3.63) is 63.6 Å². The second kappa shape index (κ2) is 6.41. The molecule has 25 heavy (non-hydrogen) atoms. The van der Waals surface area contributed by atoms with Gasteiger partial charge in [0.1, 0.15) is 0 Å². The second-order valence-corrected chi connectivity index (χ2v) is 7.61. The highest BCUT2D eigenvalue weighted by Gasteiger charge is 2.38. The molecule has 0 amide bonds. The minimum atomic E-state index is 0.240. The zero-order valence-corrected chi connectivity index (χ0v) is 16.3. The maximum Gasteiger partial charge on any atom is 0.174 e. The molecule has 3 atom stereocenters. The Bertz CT molecular complexity index is 846. The van der Waals surface area contributed by atoms with Crippen molar-refractivity contribution in [1.29, 1.82) is 0 Å². The third kappa shape index (κ3) is 2.63. The van der Waals surface area contributed by atoms with Crippen LogP contribution in [-0.2, 0) is 0 Å². The van der Waals surface area contributed by atoms with E-state index in [0.717, 1.165) is 22.4 Å². The Balaban J connectivity index is 1.82. The summed E-state index contributed by atoms with van der Waals surface area (Å²) in [7, 11) is 3.35. The molecular weight excluding hydrogens is 378 g/mol. The van der Waals surface area contributed by atoms with E-state index in [2.05, 4.69) is 70.7 Å². The molecule has 0 radical (unpaired) electrons. The lowest BCUT2D eigenvalue weighted by Gasteiger charge is -2.38. The van der Waals surface area contributed by atoms with Crippen LogP contribution in [-0.4, -0.2) is 14.2 Å². The fourth-order valence-electron chi connectivity index (χ4n) is 4.23. The number of methoxy groups -OCH3 is 2. The van der Waals surface area contributed by atoms with E-state index in [1.54, 1.807) is 14.2 Å². The van der Waals surface area contributed by atoms with Gasteiger partial charge in [0.15, 0.2) is 11.5 Å². The third-order valence-corrected chi connectivity index (χ3v) is 6.01. The molecule has 1 heterocycles. The highest BCUT2D eigenvalue weighted by molar-refractivity contribution is 9.10. The van der Waals surface area contributed by atoms with E-state index in [1.165, 1.54) is 22.4 Å². The van der Waals surface area contributed by atoms with Crippen LogP contribution in [0.5, 0.6) is 11.5 Å². The summed E-state index contributed by atoms with van der Waals surface area (Å²) in [5.41, 5.74) is 5.19. The number of rotatable bonds is 3. The molecule has 4 rings (SSSR count). The van der Waals surface area contributed by atoms with Crippen LogP contribution in [0, 0.1) is 12.8 Å². The molecule has 130 valence electrons. The zero-order chi connectivity index (χ0) is 17.6. The molecule has 0 unspecified atom stereocenters. The van der Waals surface area contributed by atoms with Gasteiger partial charge in [-0.3, -0.25) is 0 Å². The predicted molar refractivity (Wildman–Crippen MR) is 105 cm³/mol. The van der Waals surface area contributed by atoms with Gasteiger partial charge < -0.3 is 14.8 Å². The number of hydrogen-bond donors (Lipinski definition) is 1. The molecule has 1 aliphatic heterocycles. The van der Waals surface area contributed by atoms with Crippen molar-refractivity contribution in [2.24, 2.45) is 5.92 Å². The van der Waals surface area contributed by atoms with Crippen LogP contribution < -0.4 is 14.8 Å². The molecule has 4 heteroatoms. The lowest BCUT2D eigenvalue weighted by Crippen LogP contribution is -2.29. The van der Waals surface area contributed by atoms with Crippen LogP contribution in [0.25, 0.3) is 0 Å². The van der Waals surface area contributed by atoms with Crippen molar-refractivity contribution in [2.75, 3.05) is 19.5 Å². The Morgan fingerprint density at radius 3 is 2.76 bits per heavy atom. The van der Waals surface area contributed by atoms with E-state index < -0.39 is 0 Å². The van der Waals surface area contributed by atoms with Crippen LogP contribution >= 0.6 is 15.9 Å². The average molecular weight is 400 g/mol.